The van der Waals surface area contributed by atoms with Crippen LogP contribution < -0.4 is 10.2 Å². The summed E-state index contributed by atoms with van der Waals surface area (Å²) >= 11 is 0. The van der Waals surface area contributed by atoms with Gasteiger partial charge in [0.25, 0.3) is 0 Å². The first-order chi connectivity index (χ1) is 10.0. The van der Waals surface area contributed by atoms with E-state index in [1.54, 1.807) is 0 Å². The van der Waals surface area contributed by atoms with Gasteiger partial charge in [-0.15, -0.1) is 0 Å². The Morgan fingerprint density at radius 3 is 2.71 bits per heavy atom. The van der Waals surface area contributed by atoms with Crippen LogP contribution in [0.4, 0.5) is 5.82 Å². The Labute approximate surface area is 129 Å². The highest BCUT2D eigenvalue weighted by Gasteiger charge is 2.30. The van der Waals surface area contributed by atoms with E-state index in [1.807, 2.05) is 0 Å². The number of aromatic nitrogens is 1. The molecule has 3 rings (SSSR count). The van der Waals surface area contributed by atoms with Crippen molar-refractivity contribution in [3.05, 3.63) is 23.4 Å². The number of hydrogen-bond acceptors (Lipinski definition) is 3. The van der Waals surface area contributed by atoms with Crippen LogP contribution in [-0.2, 0) is 6.54 Å². The molecule has 3 unspecified atom stereocenters. The van der Waals surface area contributed by atoms with Gasteiger partial charge in [-0.2, -0.15) is 0 Å². The van der Waals surface area contributed by atoms with Gasteiger partial charge >= 0.3 is 0 Å². The van der Waals surface area contributed by atoms with Crippen LogP contribution in [0, 0.1) is 18.8 Å². The smallest absolute Gasteiger partial charge is 0.131 e. The van der Waals surface area contributed by atoms with E-state index in [2.05, 4.69) is 50.2 Å². The summed E-state index contributed by atoms with van der Waals surface area (Å²) in [5.74, 6) is 2.69. The third kappa shape index (κ3) is 3.39. The van der Waals surface area contributed by atoms with E-state index in [0.29, 0.717) is 6.04 Å². The first-order valence-corrected chi connectivity index (χ1v) is 8.50. The number of nitrogens with zero attached hydrogens (tertiary/aromatic N) is 2. The average Bonchev–Trinajstić information content (AvgIpc) is 3.25. The normalized spacial score (nSPS) is 29.7. The first-order valence-electron chi connectivity index (χ1n) is 8.50. The summed E-state index contributed by atoms with van der Waals surface area (Å²) in [6.45, 7) is 11.4. The van der Waals surface area contributed by atoms with E-state index in [0.717, 1.165) is 31.0 Å². The third-order valence-corrected chi connectivity index (χ3v) is 5.15. The first kappa shape index (κ1) is 14.8. The van der Waals surface area contributed by atoms with Crippen LogP contribution in [0.3, 0.4) is 0 Å². The Balaban J connectivity index is 1.74. The molecule has 0 radical (unpaired) electrons. The molecular weight excluding hydrogens is 258 g/mol. The van der Waals surface area contributed by atoms with Crippen molar-refractivity contribution in [1.82, 2.24) is 10.3 Å². The minimum Gasteiger partial charge on any atom is -0.353 e. The Morgan fingerprint density at radius 1 is 1.29 bits per heavy atom. The van der Waals surface area contributed by atoms with Gasteiger partial charge in [0.15, 0.2) is 0 Å². The molecule has 1 aliphatic heterocycles. The summed E-state index contributed by atoms with van der Waals surface area (Å²) in [7, 11) is 0. The molecule has 1 saturated carbocycles. The highest BCUT2D eigenvalue weighted by atomic mass is 15.2. The van der Waals surface area contributed by atoms with Crippen LogP contribution in [0.2, 0.25) is 0 Å². The molecule has 1 aromatic heterocycles. The number of aryl methyl sites for hydroxylation is 1. The van der Waals surface area contributed by atoms with Crippen molar-refractivity contribution in [2.45, 2.75) is 65.6 Å². The second-order valence-electron chi connectivity index (χ2n) is 7.35. The van der Waals surface area contributed by atoms with E-state index in [9.17, 15) is 0 Å². The van der Waals surface area contributed by atoms with Gasteiger partial charge in [0.2, 0.25) is 0 Å². The van der Waals surface area contributed by atoms with Crippen molar-refractivity contribution in [3.63, 3.8) is 0 Å². The third-order valence-electron chi connectivity index (χ3n) is 5.15. The van der Waals surface area contributed by atoms with E-state index in [1.165, 1.54) is 36.2 Å². The predicted molar refractivity (Wildman–Crippen MR) is 88.6 cm³/mol. The summed E-state index contributed by atoms with van der Waals surface area (Å²) < 4.78 is 0. The quantitative estimate of drug-likeness (QED) is 0.918. The number of pyridine rings is 1. The van der Waals surface area contributed by atoms with Crippen LogP contribution >= 0.6 is 0 Å². The molecule has 3 nitrogen and oxygen atoms in total. The number of piperidine rings is 1. The molecule has 0 aromatic carbocycles. The summed E-state index contributed by atoms with van der Waals surface area (Å²) in [6, 6.07) is 3.66. The van der Waals surface area contributed by atoms with Gasteiger partial charge in [0, 0.05) is 31.4 Å². The van der Waals surface area contributed by atoms with E-state index >= 15 is 0 Å². The van der Waals surface area contributed by atoms with Crippen LogP contribution in [0.5, 0.6) is 0 Å². The van der Waals surface area contributed by atoms with E-state index in [4.69, 9.17) is 4.98 Å². The van der Waals surface area contributed by atoms with Crippen LogP contribution in [0.1, 0.15) is 51.2 Å². The van der Waals surface area contributed by atoms with Crippen LogP contribution in [-0.4, -0.2) is 23.6 Å². The van der Waals surface area contributed by atoms with Gasteiger partial charge in [0.1, 0.15) is 5.82 Å². The molecule has 3 atom stereocenters. The lowest BCUT2D eigenvalue weighted by Crippen LogP contribution is -2.46. The van der Waals surface area contributed by atoms with Crippen molar-refractivity contribution < 1.29 is 0 Å². The Morgan fingerprint density at radius 2 is 2.05 bits per heavy atom. The van der Waals surface area contributed by atoms with Gasteiger partial charge in [-0.1, -0.05) is 13.8 Å². The maximum absolute atomic E-state index is 4.81. The molecule has 0 spiro atoms. The topological polar surface area (TPSA) is 28.2 Å². The average molecular weight is 287 g/mol. The summed E-state index contributed by atoms with van der Waals surface area (Å²) in [5.41, 5.74) is 2.63. The fourth-order valence-corrected chi connectivity index (χ4v) is 3.57. The Bertz CT molecular complexity index is 495. The highest BCUT2D eigenvalue weighted by molar-refractivity contribution is 5.49. The molecule has 1 aliphatic carbocycles. The molecule has 2 heterocycles. The lowest BCUT2D eigenvalue weighted by molar-refractivity contribution is 0.295. The molecule has 1 N–H and O–H groups in total. The SMILES string of the molecule is Cc1cc(CNC2CC2)cnc1N1CC(C)CC(C)C1C. The molecule has 1 saturated heterocycles. The zero-order valence-corrected chi connectivity index (χ0v) is 13.9. The monoisotopic (exact) mass is 287 g/mol. The zero-order chi connectivity index (χ0) is 15.0. The minimum atomic E-state index is 0.586. The molecular formula is C18H29N3. The van der Waals surface area contributed by atoms with Crippen molar-refractivity contribution in [2.24, 2.45) is 11.8 Å². The standard InChI is InChI=1S/C18H29N3/c1-12-7-13(2)15(4)21(11-12)18-14(3)8-16(10-20-18)9-19-17-5-6-17/h8,10,12-13,15,17,19H,5-7,9,11H2,1-4H3. The Kier molecular flexibility index (Phi) is 4.21. The fourth-order valence-electron chi connectivity index (χ4n) is 3.57. The largest absolute Gasteiger partial charge is 0.353 e. The van der Waals surface area contributed by atoms with Gasteiger partial charge < -0.3 is 10.2 Å². The van der Waals surface area contributed by atoms with E-state index in [-0.39, 0.29) is 0 Å². The zero-order valence-electron chi connectivity index (χ0n) is 13.9. The summed E-state index contributed by atoms with van der Waals surface area (Å²) in [4.78, 5) is 7.33. The molecule has 0 bridgehead atoms. The summed E-state index contributed by atoms with van der Waals surface area (Å²) in [6.07, 6.45) is 6.08. The lowest BCUT2D eigenvalue weighted by Gasteiger charge is -2.42. The Hall–Kier alpha value is -1.09. The molecule has 3 heteroatoms. The molecule has 21 heavy (non-hydrogen) atoms. The van der Waals surface area contributed by atoms with Crippen molar-refractivity contribution in [1.29, 1.82) is 0 Å². The maximum atomic E-state index is 4.81. The molecule has 0 amide bonds. The van der Waals surface area contributed by atoms with Gasteiger partial charge in [-0.3, -0.25) is 0 Å². The van der Waals surface area contributed by atoms with Crippen molar-refractivity contribution >= 4 is 5.82 Å². The van der Waals surface area contributed by atoms with E-state index < -0.39 is 0 Å². The second kappa shape index (κ2) is 5.96. The van der Waals surface area contributed by atoms with Gasteiger partial charge in [0.05, 0.1) is 0 Å². The number of anilines is 1. The second-order valence-corrected chi connectivity index (χ2v) is 7.35. The molecule has 116 valence electrons. The highest BCUT2D eigenvalue weighted by Crippen LogP contribution is 2.32. The molecule has 2 fully saturated rings. The number of nitrogens with one attached hydrogen (secondary N) is 1. The predicted octanol–water partition coefficient (Wildman–Crippen LogP) is 3.51. The summed E-state index contributed by atoms with van der Waals surface area (Å²) in [5, 5.41) is 3.57. The fraction of sp³-hybridized carbons (Fsp3) is 0.722. The lowest BCUT2D eigenvalue weighted by atomic mass is 9.86. The van der Waals surface area contributed by atoms with Crippen molar-refractivity contribution in [2.75, 3.05) is 11.4 Å². The number of rotatable bonds is 4. The molecule has 1 aromatic rings. The maximum Gasteiger partial charge on any atom is 0.131 e. The number of hydrogen-bond donors (Lipinski definition) is 1. The van der Waals surface area contributed by atoms with Crippen molar-refractivity contribution in [3.8, 4) is 0 Å². The minimum absolute atomic E-state index is 0.586. The van der Waals surface area contributed by atoms with Gasteiger partial charge in [-0.05, 0) is 62.1 Å². The van der Waals surface area contributed by atoms with Gasteiger partial charge in [-0.25, -0.2) is 4.98 Å². The van der Waals surface area contributed by atoms with Crippen LogP contribution in [0.15, 0.2) is 12.3 Å². The van der Waals surface area contributed by atoms with Crippen LogP contribution in [0.25, 0.3) is 0 Å². The molecule has 2 aliphatic rings.